The standard InChI is InChI=1S/C12H16FNO/c13-11-4-2-10(3-5-11)8-12(9-15)6-1-7-14-12/h2-5,14-15H,1,6-9H2. The summed E-state index contributed by atoms with van der Waals surface area (Å²) in [6, 6.07) is 6.50. The van der Waals surface area contributed by atoms with Crippen LogP contribution in [-0.2, 0) is 6.42 Å². The highest BCUT2D eigenvalue weighted by molar-refractivity contribution is 5.19. The lowest BCUT2D eigenvalue weighted by atomic mass is 9.90. The Morgan fingerprint density at radius 2 is 2.07 bits per heavy atom. The largest absolute Gasteiger partial charge is 0.394 e. The SMILES string of the molecule is OCC1(Cc2ccc(F)cc2)CCCN1. The van der Waals surface area contributed by atoms with Crippen LogP contribution in [-0.4, -0.2) is 23.8 Å². The molecule has 1 saturated heterocycles. The van der Waals surface area contributed by atoms with Crippen molar-refractivity contribution in [3.8, 4) is 0 Å². The fraction of sp³-hybridized carbons (Fsp3) is 0.500. The van der Waals surface area contributed by atoms with E-state index in [0.29, 0.717) is 0 Å². The first kappa shape index (κ1) is 10.6. The molecular formula is C12H16FNO. The van der Waals surface area contributed by atoms with E-state index in [1.807, 2.05) is 0 Å². The molecule has 0 bridgehead atoms. The average Bonchev–Trinajstić information content (AvgIpc) is 2.71. The van der Waals surface area contributed by atoms with Crippen LogP contribution in [0.2, 0.25) is 0 Å². The maximum atomic E-state index is 12.7. The van der Waals surface area contributed by atoms with E-state index in [2.05, 4.69) is 5.32 Å². The van der Waals surface area contributed by atoms with Crippen molar-refractivity contribution in [1.29, 1.82) is 0 Å². The van der Waals surface area contributed by atoms with Gasteiger partial charge in [0.25, 0.3) is 0 Å². The van der Waals surface area contributed by atoms with Gasteiger partial charge in [-0.1, -0.05) is 12.1 Å². The van der Waals surface area contributed by atoms with E-state index in [0.717, 1.165) is 31.4 Å². The summed E-state index contributed by atoms with van der Waals surface area (Å²) in [5, 5.41) is 12.7. The number of nitrogens with one attached hydrogen (secondary N) is 1. The molecule has 1 aliphatic rings. The number of aliphatic hydroxyl groups is 1. The van der Waals surface area contributed by atoms with Gasteiger partial charge in [-0.25, -0.2) is 4.39 Å². The van der Waals surface area contributed by atoms with Crippen LogP contribution in [0.4, 0.5) is 4.39 Å². The normalized spacial score (nSPS) is 25.7. The van der Waals surface area contributed by atoms with Crippen LogP contribution in [0.3, 0.4) is 0 Å². The van der Waals surface area contributed by atoms with Gasteiger partial charge in [0, 0.05) is 5.54 Å². The highest BCUT2D eigenvalue weighted by Gasteiger charge is 2.32. The van der Waals surface area contributed by atoms with Gasteiger partial charge in [-0.3, -0.25) is 0 Å². The molecule has 1 unspecified atom stereocenters. The van der Waals surface area contributed by atoms with E-state index in [9.17, 15) is 9.50 Å². The second-order valence-electron chi connectivity index (χ2n) is 4.27. The summed E-state index contributed by atoms with van der Waals surface area (Å²) in [7, 11) is 0. The lowest BCUT2D eigenvalue weighted by Gasteiger charge is -2.27. The molecule has 3 heteroatoms. The topological polar surface area (TPSA) is 32.3 Å². The van der Waals surface area contributed by atoms with Crippen molar-refractivity contribution in [2.75, 3.05) is 13.2 Å². The van der Waals surface area contributed by atoms with Crippen LogP contribution in [0, 0.1) is 5.82 Å². The number of hydrogen-bond acceptors (Lipinski definition) is 2. The molecule has 1 fully saturated rings. The molecule has 2 rings (SSSR count). The molecule has 2 nitrogen and oxygen atoms in total. The molecule has 0 saturated carbocycles. The first-order chi connectivity index (χ1) is 7.24. The molecule has 0 amide bonds. The Balaban J connectivity index is 2.09. The third kappa shape index (κ3) is 2.36. The summed E-state index contributed by atoms with van der Waals surface area (Å²) < 4.78 is 12.7. The summed E-state index contributed by atoms with van der Waals surface area (Å²) in [6.07, 6.45) is 2.85. The monoisotopic (exact) mass is 209 g/mol. The van der Waals surface area contributed by atoms with E-state index in [1.54, 1.807) is 12.1 Å². The molecule has 82 valence electrons. The molecule has 1 aromatic rings. The number of aliphatic hydroxyl groups excluding tert-OH is 1. The zero-order valence-corrected chi connectivity index (χ0v) is 8.67. The molecule has 2 N–H and O–H groups in total. The van der Waals surface area contributed by atoms with Gasteiger partial charge in [0.2, 0.25) is 0 Å². The molecular weight excluding hydrogens is 193 g/mol. The van der Waals surface area contributed by atoms with Crippen LogP contribution in [0.25, 0.3) is 0 Å². The first-order valence-electron chi connectivity index (χ1n) is 5.34. The zero-order chi connectivity index (χ0) is 10.7. The van der Waals surface area contributed by atoms with E-state index in [-0.39, 0.29) is 18.0 Å². The van der Waals surface area contributed by atoms with Gasteiger partial charge in [0.15, 0.2) is 0 Å². The summed E-state index contributed by atoms with van der Waals surface area (Å²) in [5.74, 6) is -0.212. The van der Waals surface area contributed by atoms with Crippen molar-refractivity contribution >= 4 is 0 Å². The van der Waals surface area contributed by atoms with Gasteiger partial charge in [-0.15, -0.1) is 0 Å². The van der Waals surface area contributed by atoms with Crippen LogP contribution in [0.15, 0.2) is 24.3 Å². The van der Waals surface area contributed by atoms with Crippen molar-refractivity contribution in [1.82, 2.24) is 5.32 Å². The summed E-state index contributed by atoms with van der Waals surface area (Å²) in [6.45, 7) is 1.10. The van der Waals surface area contributed by atoms with E-state index in [4.69, 9.17) is 0 Å². The van der Waals surface area contributed by atoms with E-state index in [1.165, 1.54) is 12.1 Å². The van der Waals surface area contributed by atoms with Gasteiger partial charge < -0.3 is 10.4 Å². The first-order valence-corrected chi connectivity index (χ1v) is 5.34. The van der Waals surface area contributed by atoms with E-state index >= 15 is 0 Å². The number of benzene rings is 1. The molecule has 0 radical (unpaired) electrons. The molecule has 0 aliphatic carbocycles. The Morgan fingerprint density at radius 1 is 1.33 bits per heavy atom. The third-order valence-electron chi connectivity index (χ3n) is 3.09. The minimum absolute atomic E-state index is 0.143. The van der Waals surface area contributed by atoms with Gasteiger partial charge in [0.1, 0.15) is 5.82 Å². The van der Waals surface area contributed by atoms with Crippen molar-refractivity contribution < 1.29 is 9.50 Å². The fourth-order valence-electron chi connectivity index (χ4n) is 2.20. The molecule has 15 heavy (non-hydrogen) atoms. The fourth-order valence-corrected chi connectivity index (χ4v) is 2.20. The smallest absolute Gasteiger partial charge is 0.123 e. The average molecular weight is 209 g/mol. The maximum Gasteiger partial charge on any atom is 0.123 e. The minimum Gasteiger partial charge on any atom is -0.394 e. The van der Waals surface area contributed by atoms with Crippen molar-refractivity contribution in [3.63, 3.8) is 0 Å². The van der Waals surface area contributed by atoms with Gasteiger partial charge in [-0.2, -0.15) is 0 Å². The number of hydrogen-bond donors (Lipinski definition) is 2. The summed E-state index contributed by atoms with van der Waals surface area (Å²) >= 11 is 0. The predicted molar refractivity (Wildman–Crippen MR) is 57.2 cm³/mol. The molecule has 1 heterocycles. The van der Waals surface area contributed by atoms with Crippen LogP contribution >= 0.6 is 0 Å². The van der Waals surface area contributed by atoms with Crippen LogP contribution in [0.1, 0.15) is 18.4 Å². The predicted octanol–water partition coefficient (Wildman–Crippen LogP) is 1.48. The van der Waals surface area contributed by atoms with E-state index < -0.39 is 0 Å². The maximum absolute atomic E-state index is 12.7. The molecule has 1 aromatic carbocycles. The summed E-state index contributed by atoms with van der Waals surface area (Å²) in [4.78, 5) is 0. The second kappa shape index (κ2) is 4.29. The molecule has 0 aromatic heterocycles. The third-order valence-corrected chi connectivity index (χ3v) is 3.09. The van der Waals surface area contributed by atoms with Crippen molar-refractivity contribution in [3.05, 3.63) is 35.6 Å². The van der Waals surface area contributed by atoms with Gasteiger partial charge in [-0.05, 0) is 43.5 Å². The minimum atomic E-state index is -0.212. The van der Waals surface area contributed by atoms with Crippen molar-refractivity contribution in [2.45, 2.75) is 24.8 Å². The Labute approximate surface area is 89.1 Å². The lowest BCUT2D eigenvalue weighted by Crippen LogP contribution is -2.45. The quantitative estimate of drug-likeness (QED) is 0.790. The number of rotatable bonds is 3. The molecule has 1 atom stereocenters. The lowest BCUT2D eigenvalue weighted by molar-refractivity contribution is 0.177. The Hall–Kier alpha value is -0.930. The highest BCUT2D eigenvalue weighted by Crippen LogP contribution is 2.23. The summed E-state index contributed by atoms with van der Waals surface area (Å²) in [5.41, 5.74) is 0.887. The zero-order valence-electron chi connectivity index (χ0n) is 8.67. The number of halogens is 1. The van der Waals surface area contributed by atoms with Crippen molar-refractivity contribution in [2.24, 2.45) is 0 Å². The Morgan fingerprint density at radius 3 is 2.60 bits per heavy atom. The Kier molecular flexibility index (Phi) is 3.03. The van der Waals surface area contributed by atoms with Gasteiger partial charge in [0.05, 0.1) is 6.61 Å². The molecule has 0 spiro atoms. The van der Waals surface area contributed by atoms with Crippen LogP contribution < -0.4 is 5.32 Å². The Bertz CT molecular complexity index is 317. The molecule has 1 aliphatic heterocycles. The van der Waals surface area contributed by atoms with Crippen LogP contribution in [0.5, 0.6) is 0 Å². The highest BCUT2D eigenvalue weighted by atomic mass is 19.1. The second-order valence-corrected chi connectivity index (χ2v) is 4.27. The van der Waals surface area contributed by atoms with Gasteiger partial charge >= 0.3 is 0 Å².